The van der Waals surface area contributed by atoms with Crippen LogP contribution >= 0.6 is 0 Å². The van der Waals surface area contributed by atoms with Crippen molar-refractivity contribution in [3.8, 4) is 0 Å². The standard InChI is InChI=1S/C16H18N2O/c1-12(19)14-10-17-18(11-14)16-9-5-8-15(16)13-6-3-2-4-7-13/h2-4,6-7,10-11,15-16H,5,8-9H2,1H3. The molecule has 2 unspecified atom stereocenters. The van der Waals surface area contributed by atoms with E-state index >= 15 is 0 Å². The third-order valence-electron chi connectivity index (χ3n) is 4.06. The van der Waals surface area contributed by atoms with E-state index in [4.69, 9.17) is 0 Å². The van der Waals surface area contributed by atoms with Crippen LogP contribution in [0.2, 0.25) is 0 Å². The van der Waals surface area contributed by atoms with Crippen molar-refractivity contribution in [1.29, 1.82) is 0 Å². The van der Waals surface area contributed by atoms with Gasteiger partial charge in [0, 0.05) is 12.1 Å². The molecule has 0 spiro atoms. The summed E-state index contributed by atoms with van der Waals surface area (Å²) in [5.74, 6) is 0.599. The van der Waals surface area contributed by atoms with Gasteiger partial charge in [0.1, 0.15) is 0 Å². The van der Waals surface area contributed by atoms with Crippen molar-refractivity contribution in [3.05, 3.63) is 53.9 Å². The van der Waals surface area contributed by atoms with Crippen molar-refractivity contribution in [2.24, 2.45) is 0 Å². The molecule has 19 heavy (non-hydrogen) atoms. The first-order valence-corrected chi connectivity index (χ1v) is 6.86. The summed E-state index contributed by atoms with van der Waals surface area (Å²) in [7, 11) is 0. The molecule has 0 saturated heterocycles. The highest BCUT2D eigenvalue weighted by molar-refractivity contribution is 5.93. The summed E-state index contributed by atoms with van der Waals surface area (Å²) in [4.78, 5) is 11.4. The highest BCUT2D eigenvalue weighted by atomic mass is 16.1. The number of Topliss-reactive ketones (excluding diaryl/α,β-unsaturated/α-hetero) is 1. The molecule has 2 atom stereocenters. The molecule has 98 valence electrons. The Bertz CT molecular complexity index is 573. The Kier molecular flexibility index (Phi) is 3.20. The fourth-order valence-electron chi connectivity index (χ4n) is 3.05. The van der Waals surface area contributed by atoms with Crippen molar-refractivity contribution in [3.63, 3.8) is 0 Å². The Balaban J connectivity index is 1.88. The maximum atomic E-state index is 11.4. The van der Waals surface area contributed by atoms with Crippen LogP contribution in [0, 0.1) is 0 Å². The summed E-state index contributed by atoms with van der Waals surface area (Å²) in [6.45, 7) is 1.59. The largest absolute Gasteiger partial charge is 0.294 e. The van der Waals surface area contributed by atoms with E-state index in [9.17, 15) is 4.79 Å². The smallest absolute Gasteiger partial charge is 0.162 e. The van der Waals surface area contributed by atoms with Crippen molar-refractivity contribution in [2.75, 3.05) is 0 Å². The number of benzene rings is 1. The van der Waals surface area contributed by atoms with Gasteiger partial charge in [0.05, 0.1) is 17.8 Å². The normalized spacial score (nSPS) is 22.6. The summed E-state index contributed by atoms with van der Waals surface area (Å²) in [5.41, 5.74) is 2.09. The highest BCUT2D eigenvalue weighted by Gasteiger charge is 2.30. The summed E-state index contributed by atoms with van der Waals surface area (Å²) in [5, 5.41) is 4.39. The molecule has 1 fully saturated rings. The van der Waals surface area contributed by atoms with Crippen molar-refractivity contribution in [2.45, 2.75) is 38.1 Å². The molecule has 1 aliphatic carbocycles. The highest BCUT2D eigenvalue weighted by Crippen LogP contribution is 2.42. The van der Waals surface area contributed by atoms with E-state index in [0.717, 1.165) is 6.42 Å². The van der Waals surface area contributed by atoms with E-state index < -0.39 is 0 Å². The molecule has 3 nitrogen and oxygen atoms in total. The number of carbonyl (C=O) groups is 1. The second kappa shape index (κ2) is 5.00. The van der Waals surface area contributed by atoms with Gasteiger partial charge in [-0.3, -0.25) is 9.48 Å². The first-order chi connectivity index (χ1) is 9.25. The first-order valence-electron chi connectivity index (χ1n) is 6.86. The quantitative estimate of drug-likeness (QED) is 0.784. The maximum absolute atomic E-state index is 11.4. The van der Waals surface area contributed by atoms with E-state index in [2.05, 4.69) is 35.4 Å². The molecule has 0 amide bonds. The predicted molar refractivity (Wildman–Crippen MR) is 74.3 cm³/mol. The van der Waals surface area contributed by atoms with Gasteiger partial charge in [-0.2, -0.15) is 5.10 Å². The van der Waals surface area contributed by atoms with E-state index in [0.29, 0.717) is 17.5 Å². The molecule has 1 heterocycles. The fraction of sp³-hybridized carbons (Fsp3) is 0.375. The van der Waals surface area contributed by atoms with Crippen molar-refractivity contribution < 1.29 is 4.79 Å². The molecule has 2 aromatic rings. The summed E-state index contributed by atoms with van der Waals surface area (Å²) in [6.07, 6.45) is 7.14. The van der Waals surface area contributed by atoms with E-state index in [1.165, 1.54) is 18.4 Å². The van der Waals surface area contributed by atoms with Crippen molar-refractivity contribution in [1.82, 2.24) is 9.78 Å². The molecule has 3 heteroatoms. The number of hydrogen-bond donors (Lipinski definition) is 0. The van der Waals surface area contributed by atoms with Crippen molar-refractivity contribution >= 4 is 5.78 Å². The Labute approximate surface area is 113 Å². The third kappa shape index (κ3) is 2.33. The van der Waals surface area contributed by atoms with E-state index in [1.807, 2.05) is 10.9 Å². The van der Waals surface area contributed by atoms with E-state index in [-0.39, 0.29) is 5.78 Å². The monoisotopic (exact) mass is 254 g/mol. The number of ketones is 1. The number of hydrogen-bond acceptors (Lipinski definition) is 2. The van der Waals surface area contributed by atoms with Crippen LogP contribution in [0.5, 0.6) is 0 Å². The Morgan fingerprint density at radius 3 is 2.74 bits per heavy atom. The van der Waals surface area contributed by atoms with Gasteiger partial charge >= 0.3 is 0 Å². The zero-order valence-corrected chi connectivity index (χ0v) is 11.1. The fourth-order valence-corrected chi connectivity index (χ4v) is 3.05. The van der Waals surface area contributed by atoms with Crippen LogP contribution in [0.15, 0.2) is 42.7 Å². The van der Waals surface area contributed by atoms with Gasteiger partial charge in [0.25, 0.3) is 0 Å². The lowest BCUT2D eigenvalue weighted by molar-refractivity contribution is 0.101. The molecule has 0 bridgehead atoms. The second-order valence-electron chi connectivity index (χ2n) is 5.28. The SMILES string of the molecule is CC(=O)c1cnn(C2CCCC2c2ccccc2)c1. The molecule has 1 saturated carbocycles. The van der Waals surface area contributed by atoms with Crippen LogP contribution in [0.25, 0.3) is 0 Å². The van der Waals surface area contributed by atoms with Crippen LogP contribution in [0.3, 0.4) is 0 Å². The molecule has 0 N–H and O–H groups in total. The van der Waals surface area contributed by atoms with Gasteiger partial charge in [0.2, 0.25) is 0 Å². The van der Waals surface area contributed by atoms with Crippen LogP contribution in [0.1, 0.15) is 54.1 Å². The van der Waals surface area contributed by atoms with Crippen LogP contribution in [-0.4, -0.2) is 15.6 Å². The van der Waals surface area contributed by atoms with Gasteiger partial charge in [-0.15, -0.1) is 0 Å². The zero-order chi connectivity index (χ0) is 13.2. The molecule has 0 aliphatic heterocycles. The number of nitrogens with zero attached hydrogens (tertiary/aromatic N) is 2. The van der Waals surface area contributed by atoms with Crippen LogP contribution in [0.4, 0.5) is 0 Å². The maximum Gasteiger partial charge on any atom is 0.162 e. The Morgan fingerprint density at radius 1 is 1.26 bits per heavy atom. The number of rotatable bonds is 3. The lowest BCUT2D eigenvalue weighted by Gasteiger charge is -2.20. The predicted octanol–water partition coefficient (Wildman–Crippen LogP) is 3.59. The topological polar surface area (TPSA) is 34.9 Å². The lowest BCUT2D eigenvalue weighted by atomic mass is 9.94. The van der Waals surface area contributed by atoms with Gasteiger partial charge < -0.3 is 0 Å². The van der Waals surface area contributed by atoms with E-state index in [1.54, 1.807) is 13.1 Å². The minimum atomic E-state index is 0.0838. The van der Waals surface area contributed by atoms with Gasteiger partial charge in [0.15, 0.2) is 5.78 Å². The Hall–Kier alpha value is -1.90. The molecule has 1 aliphatic rings. The first kappa shape index (κ1) is 12.2. The summed E-state index contributed by atoms with van der Waals surface area (Å²) in [6, 6.07) is 11.0. The average molecular weight is 254 g/mol. The molecule has 0 radical (unpaired) electrons. The molecular weight excluding hydrogens is 236 g/mol. The van der Waals surface area contributed by atoms with Crippen LogP contribution < -0.4 is 0 Å². The second-order valence-corrected chi connectivity index (χ2v) is 5.28. The molecular formula is C16H18N2O. The third-order valence-corrected chi connectivity index (χ3v) is 4.06. The molecule has 1 aromatic carbocycles. The number of carbonyl (C=O) groups excluding carboxylic acids is 1. The zero-order valence-electron chi connectivity index (χ0n) is 11.1. The number of aromatic nitrogens is 2. The minimum Gasteiger partial charge on any atom is -0.294 e. The van der Waals surface area contributed by atoms with Gasteiger partial charge in [-0.25, -0.2) is 0 Å². The van der Waals surface area contributed by atoms with Crippen LogP contribution in [-0.2, 0) is 0 Å². The van der Waals surface area contributed by atoms with Gasteiger partial charge in [-0.05, 0) is 25.3 Å². The summed E-state index contributed by atoms with van der Waals surface area (Å²) < 4.78 is 1.99. The van der Waals surface area contributed by atoms with Gasteiger partial charge in [-0.1, -0.05) is 36.8 Å². The molecule has 1 aromatic heterocycles. The Morgan fingerprint density at radius 2 is 2.05 bits per heavy atom. The summed E-state index contributed by atoms with van der Waals surface area (Å²) >= 11 is 0. The lowest BCUT2D eigenvalue weighted by Crippen LogP contribution is -2.13. The molecule has 3 rings (SSSR count). The average Bonchev–Trinajstić information content (AvgIpc) is 3.08. The minimum absolute atomic E-state index is 0.0838.